The third-order valence-corrected chi connectivity index (χ3v) is 4.34. The van der Waals surface area contributed by atoms with Crippen LogP contribution in [-0.4, -0.2) is 16.1 Å². The van der Waals surface area contributed by atoms with E-state index < -0.39 is 17.5 Å². The van der Waals surface area contributed by atoms with Crippen LogP contribution in [0, 0.1) is 25.5 Å². The number of hydrogen-bond donors (Lipinski definition) is 2. The van der Waals surface area contributed by atoms with Crippen LogP contribution < -0.4 is 5.32 Å². The van der Waals surface area contributed by atoms with Crippen molar-refractivity contribution in [3.63, 3.8) is 0 Å². The van der Waals surface area contributed by atoms with E-state index in [2.05, 4.69) is 15.5 Å². The smallest absolute Gasteiger partial charge is 0.255 e. The molecule has 3 aromatic rings. The molecule has 0 unspecified atom stereocenters. The van der Waals surface area contributed by atoms with Crippen LogP contribution in [0.5, 0.6) is 0 Å². The molecule has 2 N–H and O–H groups in total. The molecule has 0 atom stereocenters. The van der Waals surface area contributed by atoms with Crippen LogP contribution in [0.4, 0.5) is 14.5 Å². The Labute approximate surface area is 156 Å². The van der Waals surface area contributed by atoms with Gasteiger partial charge in [0.25, 0.3) is 5.91 Å². The highest BCUT2D eigenvalue weighted by Crippen LogP contribution is 2.32. The summed E-state index contributed by atoms with van der Waals surface area (Å²) in [7, 11) is 0. The summed E-state index contributed by atoms with van der Waals surface area (Å²) >= 11 is 0. The van der Waals surface area contributed by atoms with Gasteiger partial charge in [-0.1, -0.05) is 37.1 Å². The quantitative estimate of drug-likeness (QED) is 0.651. The second kappa shape index (κ2) is 7.70. The van der Waals surface area contributed by atoms with Crippen LogP contribution in [0.1, 0.15) is 40.5 Å². The van der Waals surface area contributed by atoms with Gasteiger partial charge in [-0.15, -0.1) is 0 Å². The maximum atomic E-state index is 13.5. The summed E-state index contributed by atoms with van der Waals surface area (Å²) in [5, 5.41) is 10.2. The van der Waals surface area contributed by atoms with Crippen molar-refractivity contribution in [1.29, 1.82) is 0 Å². The predicted molar refractivity (Wildman–Crippen MR) is 102 cm³/mol. The molecule has 1 aromatic heterocycles. The normalized spacial score (nSPS) is 10.9. The first-order valence-corrected chi connectivity index (χ1v) is 8.81. The predicted octanol–water partition coefficient (Wildman–Crippen LogP) is 5.18. The SMILES string of the molecule is CCCc1[nH]nc(-c2ccc(C)cc2C)c1NC(=O)c1cc(F)cc(F)c1. The number of hydrogen-bond acceptors (Lipinski definition) is 2. The largest absolute Gasteiger partial charge is 0.319 e. The number of nitrogens with zero attached hydrogens (tertiary/aromatic N) is 1. The minimum atomic E-state index is -0.796. The zero-order valence-electron chi connectivity index (χ0n) is 15.5. The van der Waals surface area contributed by atoms with E-state index >= 15 is 0 Å². The molecule has 0 radical (unpaired) electrons. The molecular weight excluding hydrogens is 348 g/mol. The second-order valence-corrected chi connectivity index (χ2v) is 6.61. The van der Waals surface area contributed by atoms with Gasteiger partial charge in [-0.25, -0.2) is 8.78 Å². The number of benzene rings is 2. The van der Waals surface area contributed by atoms with E-state index in [-0.39, 0.29) is 5.56 Å². The van der Waals surface area contributed by atoms with Crippen LogP contribution >= 0.6 is 0 Å². The van der Waals surface area contributed by atoms with Crippen LogP contribution in [-0.2, 0) is 6.42 Å². The molecule has 6 heteroatoms. The maximum Gasteiger partial charge on any atom is 0.255 e. The Morgan fingerprint density at radius 1 is 1.11 bits per heavy atom. The zero-order valence-corrected chi connectivity index (χ0v) is 15.5. The summed E-state index contributed by atoms with van der Waals surface area (Å²) in [6.45, 7) is 6.00. The van der Waals surface area contributed by atoms with Gasteiger partial charge in [0.2, 0.25) is 0 Å². The summed E-state index contributed by atoms with van der Waals surface area (Å²) in [4.78, 5) is 12.6. The monoisotopic (exact) mass is 369 g/mol. The maximum absolute atomic E-state index is 13.5. The molecule has 0 aliphatic carbocycles. The van der Waals surface area contributed by atoms with Crippen LogP contribution in [0.3, 0.4) is 0 Å². The van der Waals surface area contributed by atoms with Gasteiger partial charge in [-0.05, 0) is 38.0 Å². The molecule has 1 heterocycles. The zero-order chi connectivity index (χ0) is 19.6. The molecule has 0 aliphatic heterocycles. The minimum absolute atomic E-state index is 0.0808. The van der Waals surface area contributed by atoms with Gasteiger partial charge in [0.15, 0.2) is 0 Å². The van der Waals surface area contributed by atoms with E-state index in [0.29, 0.717) is 17.8 Å². The van der Waals surface area contributed by atoms with Crippen LogP contribution in [0.2, 0.25) is 0 Å². The summed E-state index contributed by atoms with van der Waals surface area (Å²) in [5.74, 6) is -2.18. The Bertz CT molecular complexity index is 975. The highest BCUT2D eigenvalue weighted by Gasteiger charge is 2.19. The highest BCUT2D eigenvalue weighted by atomic mass is 19.1. The first-order valence-electron chi connectivity index (χ1n) is 8.81. The van der Waals surface area contributed by atoms with Gasteiger partial charge >= 0.3 is 0 Å². The lowest BCUT2D eigenvalue weighted by atomic mass is 10.0. The van der Waals surface area contributed by atoms with Crippen molar-refractivity contribution in [2.45, 2.75) is 33.6 Å². The number of carbonyl (C=O) groups is 1. The van der Waals surface area contributed by atoms with Crippen molar-refractivity contribution in [3.05, 3.63) is 70.4 Å². The number of anilines is 1. The number of carbonyl (C=O) groups excluding carboxylic acids is 1. The second-order valence-electron chi connectivity index (χ2n) is 6.61. The molecule has 0 fully saturated rings. The molecule has 1 amide bonds. The number of amides is 1. The van der Waals surface area contributed by atoms with Gasteiger partial charge in [0.1, 0.15) is 17.3 Å². The lowest BCUT2D eigenvalue weighted by Crippen LogP contribution is -2.14. The van der Waals surface area contributed by atoms with Crippen LogP contribution in [0.15, 0.2) is 36.4 Å². The van der Waals surface area contributed by atoms with Gasteiger partial charge in [-0.3, -0.25) is 9.89 Å². The fourth-order valence-electron chi connectivity index (χ4n) is 3.09. The van der Waals surface area contributed by atoms with Crippen molar-refractivity contribution in [3.8, 4) is 11.3 Å². The Hall–Kier alpha value is -3.02. The third-order valence-electron chi connectivity index (χ3n) is 4.34. The Balaban J connectivity index is 2.02. The highest BCUT2D eigenvalue weighted by molar-refractivity contribution is 6.06. The summed E-state index contributed by atoms with van der Waals surface area (Å²) in [6, 6.07) is 8.72. The third kappa shape index (κ3) is 4.05. The number of H-pyrrole nitrogens is 1. The number of aromatic nitrogens is 2. The average Bonchev–Trinajstić information content (AvgIpc) is 2.97. The number of halogens is 2. The van der Waals surface area contributed by atoms with E-state index in [0.717, 1.165) is 47.0 Å². The fraction of sp³-hybridized carbons (Fsp3) is 0.238. The topological polar surface area (TPSA) is 57.8 Å². The van der Waals surface area contributed by atoms with Crippen molar-refractivity contribution in [1.82, 2.24) is 10.2 Å². The average molecular weight is 369 g/mol. The van der Waals surface area contributed by atoms with Gasteiger partial charge < -0.3 is 5.32 Å². The number of aryl methyl sites for hydroxylation is 3. The minimum Gasteiger partial charge on any atom is -0.319 e. The number of rotatable bonds is 5. The molecule has 0 bridgehead atoms. The molecule has 0 saturated heterocycles. The van der Waals surface area contributed by atoms with E-state index in [4.69, 9.17) is 0 Å². The first kappa shape index (κ1) is 18.8. The molecule has 0 aliphatic rings. The number of nitrogens with one attached hydrogen (secondary N) is 2. The number of aromatic amines is 1. The van der Waals surface area contributed by atoms with Crippen LogP contribution in [0.25, 0.3) is 11.3 Å². The van der Waals surface area contributed by atoms with Gasteiger partial charge in [-0.2, -0.15) is 5.10 Å². The molecule has 2 aromatic carbocycles. The Morgan fingerprint density at radius 2 is 1.81 bits per heavy atom. The van der Waals surface area contributed by atoms with E-state index in [9.17, 15) is 13.6 Å². The van der Waals surface area contributed by atoms with Crippen molar-refractivity contribution < 1.29 is 13.6 Å². The molecule has 0 spiro atoms. The molecule has 0 saturated carbocycles. The summed E-state index contributed by atoms with van der Waals surface area (Å²) < 4.78 is 26.9. The summed E-state index contributed by atoms with van der Waals surface area (Å²) in [5.41, 5.74) is 4.89. The van der Waals surface area contributed by atoms with E-state index in [1.165, 1.54) is 0 Å². The van der Waals surface area contributed by atoms with Crippen molar-refractivity contribution in [2.75, 3.05) is 5.32 Å². The fourth-order valence-corrected chi connectivity index (χ4v) is 3.09. The van der Waals surface area contributed by atoms with Crippen molar-refractivity contribution >= 4 is 11.6 Å². The van der Waals surface area contributed by atoms with Crippen molar-refractivity contribution in [2.24, 2.45) is 0 Å². The van der Waals surface area contributed by atoms with E-state index in [1.807, 2.05) is 39.0 Å². The molecule has 3 rings (SSSR count). The first-order chi connectivity index (χ1) is 12.9. The standard InChI is InChI=1S/C21H21F2N3O/c1-4-5-18-20(24-21(27)14-9-15(22)11-16(23)10-14)19(26-25-18)17-7-6-12(2)8-13(17)3/h6-11H,4-5H2,1-3H3,(H,24,27)(H,25,26). The van der Waals surface area contributed by atoms with Gasteiger partial charge in [0.05, 0.1) is 11.4 Å². The molecular formula is C21H21F2N3O. The lowest BCUT2D eigenvalue weighted by molar-refractivity contribution is 0.102. The Kier molecular flexibility index (Phi) is 5.35. The molecule has 4 nitrogen and oxygen atoms in total. The molecule has 27 heavy (non-hydrogen) atoms. The van der Waals surface area contributed by atoms with E-state index in [1.54, 1.807) is 0 Å². The lowest BCUT2D eigenvalue weighted by Gasteiger charge is -2.11. The summed E-state index contributed by atoms with van der Waals surface area (Å²) in [6.07, 6.45) is 1.54. The molecule has 140 valence electrons. The van der Waals surface area contributed by atoms with Gasteiger partial charge in [0, 0.05) is 17.2 Å². The Morgan fingerprint density at radius 3 is 2.44 bits per heavy atom.